The molecule has 0 heterocycles. The van der Waals surface area contributed by atoms with E-state index in [-0.39, 0.29) is 0 Å². The van der Waals surface area contributed by atoms with Crippen LogP contribution < -0.4 is 0 Å². The molecule has 0 aliphatic heterocycles. The molecule has 1 spiro atoms. The van der Waals surface area contributed by atoms with Crippen LogP contribution in [0.3, 0.4) is 0 Å². The van der Waals surface area contributed by atoms with E-state index >= 15 is 0 Å². The van der Waals surface area contributed by atoms with Crippen molar-refractivity contribution in [2.24, 2.45) is 62.6 Å². The first-order valence-electron chi connectivity index (χ1n) is 10.9. The van der Waals surface area contributed by atoms with Gasteiger partial charge in [0, 0.05) is 0 Å². The van der Waals surface area contributed by atoms with Gasteiger partial charge in [-0.1, -0.05) is 55.4 Å². The summed E-state index contributed by atoms with van der Waals surface area (Å²) in [6, 6.07) is 0. The van der Waals surface area contributed by atoms with Gasteiger partial charge >= 0.3 is 0 Å². The van der Waals surface area contributed by atoms with Gasteiger partial charge in [0.1, 0.15) is 0 Å². The smallest absolute Gasteiger partial charge is 0.0125 e. The lowest BCUT2D eigenvalue weighted by Gasteiger charge is -2.46. The fourth-order valence-corrected chi connectivity index (χ4v) is 10.8. The zero-order valence-corrected chi connectivity index (χ0v) is 17.5. The fraction of sp³-hybridized carbons (Fsp3) is 1.00. The summed E-state index contributed by atoms with van der Waals surface area (Å²) in [5, 5.41) is 0. The highest BCUT2D eigenvalue weighted by Gasteiger charge is 2.94. The van der Waals surface area contributed by atoms with Crippen molar-refractivity contribution in [3.8, 4) is 0 Å². The van der Waals surface area contributed by atoms with Gasteiger partial charge in [0.05, 0.1) is 0 Å². The molecule has 0 aromatic rings. The number of fused-ring (bicyclic) bond motifs is 7. The lowest BCUT2D eigenvalue weighted by atomic mass is 9.59. The summed E-state index contributed by atoms with van der Waals surface area (Å²) >= 11 is 0. The molecule has 5 saturated carbocycles. The molecule has 0 amide bonds. The summed E-state index contributed by atoms with van der Waals surface area (Å²) < 4.78 is 0. The lowest BCUT2D eigenvalue weighted by molar-refractivity contribution is 0.0210. The Morgan fingerprint density at radius 3 is 2.12 bits per heavy atom. The van der Waals surface area contributed by atoms with Crippen molar-refractivity contribution in [2.75, 3.05) is 0 Å². The van der Waals surface area contributed by atoms with E-state index in [0.717, 1.165) is 35.5 Å². The van der Waals surface area contributed by atoms with Crippen LogP contribution in [0.15, 0.2) is 0 Å². The van der Waals surface area contributed by atoms with Crippen molar-refractivity contribution in [2.45, 2.75) is 87.5 Å². The van der Waals surface area contributed by atoms with Crippen LogP contribution in [0.25, 0.3) is 0 Å². The van der Waals surface area contributed by atoms with E-state index in [9.17, 15) is 0 Å². The highest BCUT2D eigenvalue weighted by molar-refractivity contribution is 5.41. The molecule has 5 rings (SSSR count). The first-order valence-corrected chi connectivity index (χ1v) is 10.9. The van der Waals surface area contributed by atoms with Crippen LogP contribution in [0.1, 0.15) is 87.5 Å². The zero-order valence-electron chi connectivity index (χ0n) is 17.5. The van der Waals surface area contributed by atoms with Gasteiger partial charge in [-0.25, -0.2) is 0 Å². The molecule has 24 heavy (non-hydrogen) atoms. The third kappa shape index (κ3) is 1.41. The molecular formula is C24H40. The summed E-state index contributed by atoms with van der Waals surface area (Å²) in [5.41, 5.74) is 2.95. The second-order valence-corrected chi connectivity index (χ2v) is 13.4. The van der Waals surface area contributed by atoms with Crippen LogP contribution in [0, 0.1) is 62.6 Å². The molecule has 0 nitrogen and oxygen atoms in total. The molecule has 8 unspecified atom stereocenters. The molecule has 4 bridgehead atoms. The average Bonchev–Trinajstić information content (AvgIpc) is 2.94. The Balaban J connectivity index is 1.54. The van der Waals surface area contributed by atoms with Gasteiger partial charge in [-0.3, -0.25) is 0 Å². The Bertz CT molecular complexity index is 584. The van der Waals surface area contributed by atoms with E-state index in [1.165, 1.54) is 6.42 Å². The Kier molecular flexibility index (Phi) is 2.67. The van der Waals surface area contributed by atoms with Crippen LogP contribution >= 0.6 is 0 Å². The summed E-state index contributed by atoms with van der Waals surface area (Å²) in [7, 11) is 0. The predicted molar refractivity (Wildman–Crippen MR) is 102 cm³/mol. The maximum atomic E-state index is 2.67. The van der Waals surface area contributed by atoms with Gasteiger partial charge in [0.2, 0.25) is 0 Å². The quantitative estimate of drug-likeness (QED) is 0.497. The number of rotatable bonds is 1. The Labute approximate surface area is 150 Å². The van der Waals surface area contributed by atoms with E-state index in [2.05, 4.69) is 55.4 Å². The van der Waals surface area contributed by atoms with Crippen molar-refractivity contribution >= 4 is 0 Å². The molecule has 5 aliphatic rings. The van der Waals surface area contributed by atoms with Gasteiger partial charge in [0.25, 0.3) is 0 Å². The van der Waals surface area contributed by atoms with Gasteiger partial charge in [0.15, 0.2) is 0 Å². The van der Waals surface area contributed by atoms with E-state index in [1.807, 2.05) is 0 Å². The van der Waals surface area contributed by atoms with Gasteiger partial charge in [-0.15, -0.1) is 0 Å². The normalized spacial score (nSPS) is 56.5. The van der Waals surface area contributed by atoms with Crippen molar-refractivity contribution in [3.05, 3.63) is 0 Å². The minimum absolute atomic E-state index is 0.484. The zero-order chi connectivity index (χ0) is 17.5. The molecule has 0 N–H and O–H groups in total. The number of hydrogen-bond donors (Lipinski definition) is 0. The van der Waals surface area contributed by atoms with Gasteiger partial charge in [-0.2, -0.15) is 0 Å². The maximum Gasteiger partial charge on any atom is -0.0125 e. The molecule has 0 saturated heterocycles. The van der Waals surface area contributed by atoms with Crippen LogP contribution in [-0.2, 0) is 0 Å². The first kappa shape index (κ1) is 16.2. The third-order valence-corrected chi connectivity index (χ3v) is 10.5. The van der Waals surface area contributed by atoms with Crippen molar-refractivity contribution in [1.29, 1.82) is 0 Å². The molecule has 0 aromatic heterocycles. The maximum absolute atomic E-state index is 2.67. The SMILES string of the molecule is CC(C)(C)CC1CC2CC1C1C2C2CC13C(C)(C)C3(C(C)(C)C)C2. The highest BCUT2D eigenvalue weighted by Crippen LogP contribution is 2.99. The molecular weight excluding hydrogens is 288 g/mol. The standard InChI is InChI=1S/C24H40/c1-20(2,3)11-15-9-14-10-17(15)19-18(14)16-12-23(19)22(7,8)24(23,13-16)21(4,5)6/h14-19H,9-13H2,1-8H3. The molecule has 136 valence electrons. The summed E-state index contributed by atoms with van der Waals surface area (Å²) in [6.07, 6.45) is 7.82. The largest absolute Gasteiger partial charge is 0.0602 e. The molecule has 0 heteroatoms. The second kappa shape index (κ2) is 3.96. The molecule has 5 fully saturated rings. The number of hydrogen-bond acceptors (Lipinski definition) is 0. The van der Waals surface area contributed by atoms with Crippen molar-refractivity contribution < 1.29 is 0 Å². The molecule has 0 radical (unpaired) electrons. The van der Waals surface area contributed by atoms with E-state index in [0.29, 0.717) is 27.1 Å². The van der Waals surface area contributed by atoms with E-state index in [1.54, 1.807) is 25.7 Å². The lowest BCUT2D eigenvalue weighted by Crippen LogP contribution is -2.40. The Hall–Kier alpha value is 0. The van der Waals surface area contributed by atoms with Crippen LogP contribution in [0.5, 0.6) is 0 Å². The highest BCUT2D eigenvalue weighted by atomic mass is 15.0. The van der Waals surface area contributed by atoms with Crippen molar-refractivity contribution in [3.63, 3.8) is 0 Å². The minimum atomic E-state index is 0.484. The van der Waals surface area contributed by atoms with Crippen molar-refractivity contribution in [1.82, 2.24) is 0 Å². The van der Waals surface area contributed by atoms with Gasteiger partial charge in [-0.05, 0) is 94.7 Å². The van der Waals surface area contributed by atoms with E-state index < -0.39 is 0 Å². The molecule has 8 atom stereocenters. The summed E-state index contributed by atoms with van der Waals surface area (Å²) in [4.78, 5) is 0. The monoisotopic (exact) mass is 328 g/mol. The van der Waals surface area contributed by atoms with E-state index in [4.69, 9.17) is 0 Å². The van der Waals surface area contributed by atoms with Gasteiger partial charge < -0.3 is 0 Å². The molecule has 5 aliphatic carbocycles. The van der Waals surface area contributed by atoms with Crippen LogP contribution in [-0.4, -0.2) is 0 Å². The Morgan fingerprint density at radius 1 is 0.875 bits per heavy atom. The average molecular weight is 329 g/mol. The van der Waals surface area contributed by atoms with Crippen LogP contribution in [0.4, 0.5) is 0 Å². The van der Waals surface area contributed by atoms with Crippen LogP contribution in [0.2, 0.25) is 0 Å². The summed E-state index contributed by atoms with van der Waals surface area (Å²) in [5.74, 6) is 6.53. The first-order chi connectivity index (χ1) is 10.9. The topological polar surface area (TPSA) is 0 Å². The second-order valence-electron chi connectivity index (χ2n) is 13.4. The fourth-order valence-electron chi connectivity index (χ4n) is 10.8. The summed E-state index contributed by atoms with van der Waals surface area (Å²) in [6.45, 7) is 20.4. The molecule has 0 aromatic carbocycles. The minimum Gasteiger partial charge on any atom is -0.0602 e. The predicted octanol–water partition coefficient (Wildman–Crippen LogP) is 6.79. The Morgan fingerprint density at radius 2 is 1.54 bits per heavy atom. The third-order valence-electron chi connectivity index (χ3n) is 10.5.